The van der Waals surface area contributed by atoms with E-state index in [-0.39, 0.29) is 19.4 Å². The van der Waals surface area contributed by atoms with Crippen LogP contribution in [0.1, 0.15) is 297 Å². The van der Waals surface area contributed by atoms with Crippen molar-refractivity contribution >= 4 is 11.9 Å². The van der Waals surface area contributed by atoms with Crippen molar-refractivity contribution in [1.82, 2.24) is 5.32 Å². The van der Waals surface area contributed by atoms with Crippen LogP contribution in [0.25, 0.3) is 0 Å². The number of aliphatic hydroxyl groups is 5. The number of rotatable bonds is 59. The normalized spacial score (nSPS) is 19.0. The van der Waals surface area contributed by atoms with Gasteiger partial charge in [0.15, 0.2) is 12.4 Å². The van der Waals surface area contributed by atoms with Gasteiger partial charge in [-0.25, -0.2) is 0 Å². The van der Waals surface area contributed by atoms with Crippen molar-refractivity contribution in [2.45, 2.75) is 346 Å². The second-order valence-corrected chi connectivity index (χ2v) is 24.0. The zero-order valence-corrected chi connectivity index (χ0v) is 54.5. The van der Waals surface area contributed by atoms with Crippen LogP contribution in [-0.2, 0) is 23.8 Å². The van der Waals surface area contributed by atoms with Gasteiger partial charge >= 0.3 is 5.97 Å². The van der Waals surface area contributed by atoms with Crippen LogP contribution in [0, 0.1) is 0 Å². The molecule has 8 atom stereocenters. The van der Waals surface area contributed by atoms with Crippen molar-refractivity contribution in [2.24, 2.45) is 0 Å². The highest BCUT2D eigenvalue weighted by Crippen LogP contribution is 2.26. The van der Waals surface area contributed by atoms with Gasteiger partial charge in [-0.15, -0.1) is 0 Å². The highest BCUT2D eigenvalue weighted by molar-refractivity contribution is 5.80. The minimum atomic E-state index is -1.64. The maximum Gasteiger partial charge on any atom is 0.306 e. The van der Waals surface area contributed by atoms with Gasteiger partial charge in [0.2, 0.25) is 5.91 Å². The average Bonchev–Trinajstić information content (AvgIpc) is 3.16. The average molecular weight is 1190 g/mol. The van der Waals surface area contributed by atoms with E-state index >= 15 is 0 Å². The summed E-state index contributed by atoms with van der Waals surface area (Å²) in [5, 5.41) is 57.2. The Morgan fingerprint density at radius 1 is 0.471 bits per heavy atom. The van der Waals surface area contributed by atoms with E-state index in [1.54, 1.807) is 6.08 Å². The summed E-state index contributed by atoms with van der Waals surface area (Å²) in [6, 6.07) is -1.04. The molecule has 0 aliphatic carbocycles. The number of esters is 1. The molecule has 0 aromatic rings. The molecule has 8 unspecified atom stereocenters. The van der Waals surface area contributed by atoms with Gasteiger partial charge in [0.1, 0.15) is 24.4 Å². The summed E-state index contributed by atoms with van der Waals surface area (Å²) in [7, 11) is 0. The molecule has 1 fully saturated rings. The molecule has 0 bridgehead atoms. The smallest absolute Gasteiger partial charge is 0.306 e. The summed E-state index contributed by atoms with van der Waals surface area (Å²) in [5.41, 5.74) is 0. The van der Waals surface area contributed by atoms with Gasteiger partial charge < -0.3 is 45.1 Å². The molecular formula is C74H129NO10. The van der Waals surface area contributed by atoms with Crippen molar-refractivity contribution in [3.8, 4) is 0 Å². The summed E-state index contributed by atoms with van der Waals surface area (Å²) in [5.74, 6) is -1.24. The summed E-state index contributed by atoms with van der Waals surface area (Å²) in [4.78, 5) is 26.6. The molecule has 1 aliphatic heterocycles. The molecule has 0 aromatic carbocycles. The Hall–Kier alpha value is -3.42. The maximum atomic E-state index is 13.5. The highest BCUT2D eigenvalue weighted by atomic mass is 16.7. The molecule has 0 radical (unpaired) electrons. The standard InChI is InChI=1S/C74H129NO10/c1-4-7-10-13-16-19-22-25-27-29-30-31-32-33-34-35-36-37-39-40-43-46-49-52-55-58-61-67(78)73(82)75-65(66(77)60-57-54-51-48-45-42-24-21-18-15-12-9-6-3)64-83-74-72(71(81)70(80)68(63-76)84-74)85-69(79)62-59-56-53-50-47-44-41-38-28-26-23-20-17-14-11-8-5-2/h8,11,14,17,20,23,25-28,38,41,44,47,57,60,65-68,70-72,74,76-78,80-81H,4-7,9-10,12-13,15-16,18-19,21-22,24,29-37,39-40,42-43,45-46,48-56,58-59,61-64H2,1-3H3,(H,75,82)/b11-8-,17-14+,23-20+,27-25+,28-26-,41-38+,47-44+,60-57+. The molecule has 11 nitrogen and oxygen atoms in total. The molecule has 0 spiro atoms. The van der Waals surface area contributed by atoms with E-state index in [9.17, 15) is 35.1 Å². The van der Waals surface area contributed by atoms with Crippen LogP contribution < -0.4 is 5.32 Å². The van der Waals surface area contributed by atoms with Crippen LogP contribution in [0.3, 0.4) is 0 Å². The Kier molecular flexibility index (Phi) is 57.0. The number of allylic oxidation sites excluding steroid dienone is 15. The van der Waals surface area contributed by atoms with Crippen LogP contribution >= 0.6 is 0 Å². The maximum absolute atomic E-state index is 13.5. The molecule has 1 heterocycles. The van der Waals surface area contributed by atoms with Crippen molar-refractivity contribution in [1.29, 1.82) is 0 Å². The van der Waals surface area contributed by atoms with E-state index in [0.29, 0.717) is 12.8 Å². The lowest BCUT2D eigenvalue weighted by atomic mass is 9.99. The van der Waals surface area contributed by atoms with Crippen LogP contribution in [0.4, 0.5) is 0 Å². The Morgan fingerprint density at radius 3 is 1.31 bits per heavy atom. The predicted molar refractivity (Wildman–Crippen MR) is 356 cm³/mol. The van der Waals surface area contributed by atoms with Crippen molar-refractivity contribution in [3.63, 3.8) is 0 Å². The van der Waals surface area contributed by atoms with Crippen molar-refractivity contribution < 1.29 is 49.3 Å². The number of carbonyl (C=O) groups excluding carboxylic acids is 2. The van der Waals surface area contributed by atoms with Crippen LogP contribution in [-0.4, -0.2) is 99.6 Å². The topological polar surface area (TPSA) is 175 Å². The zero-order chi connectivity index (χ0) is 61.7. The first-order valence-electron chi connectivity index (χ1n) is 35.1. The molecular weight excluding hydrogens is 1060 g/mol. The molecule has 0 saturated carbocycles. The van der Waals surface area contributed by atoms with E-state index in [1.165, 1.54) is 186 Å². The van der Waals surface area contributed by atoms with Crippen molar-refractivity contribution in [3.05, 3.63) is 97.2 Å². The molecule has 6 N–H and O–H groups in total. The van der Waals surface area contributed by atoms with Gasteiger partial charge in [0, 0.05) is 6.42 Å². The SMILES string of the molecule is CC\C=C/C=C/C=C/C=C\C=C\C=C\CCCCCC(=O)OC1C(OCC(NC(=O)C(O)CCCCCCCCCCCCCCCCCC/C=C/CCCCCCCC)C(O)/C=C/CCCCCCCCCCCCC)OC(CO)C(O)C1O. The number of hydrogen-bond acceptors (Lipinski definition) is 10. The second kappa shape index (κ2) is 60.8. The van der Waals surface area contributed by atoms with Gasteiger partial charge in [0.05, 0.1) is 25.4 Å². The van der Waals surface area contributed by atoms with E-state index < -0.39 is 67.4 Å². The number of nitrogens with one attached hydrogen (secondary N) is 1. The fraction of sp³-hybridized carbons (Fsp3) is 0.757. The molecule has 1 aliphatic rings. The van der Waals surface area contributed by atoms with Gasteiger partial charge in [-0.2, -0.15) is 0 Å². The zero-order valence-electron chi connectivity index (χ0n) is 54.5. The lowest BCUT2D eigenvalue weighted by Gasteiger charge is -2.41. The quantitative estimate of drug-likeness (QED) is 0.0149. The summed E-state index contributed by atoms with van der Waals surface area (Å²) in [6.07, 6.45) is 71.7. The largest absolute Gasteiger partial charge is 0.454 e. The third kappa shape index (κ3) is 48.2. The summed E-state index contributed by atoms with van der Waals surface area (Å²) >= 11 is 0. The Morgan fingerprint density at radius 2 is 0.859 bits per heavy atom. The first-order valence-corrected chi connectivity index (χ1v) is 35.1. The summed E-state index contributed by atoms with van der Waals surface area (Å²) < 4.78 is 17.6. The number of amides is 1. The van der Waals surface area contributed by atoms with E-state index in [1.807, 2.05) is 66.8 Å². The molecule has 11 heteroatoms. The van der Waals surface area contributed by atoms with Gasteiger partial charge in [-0.05, 0) is 70.6 Å². The first kappa shape index (κ1) is 79.6. The predicted octanol–water partition coefficient (Wildman–Crippen LogP) is 17.8. The lowest BCUT2D eigenvalue weighted by Crippen LogP contribution is -2.61. The molecule has 490 valence electrons. The monoisotopic (exact) mass is 1190 g/mol. The van der Waals surface area contributed by atoms with E-state index in [0.717, 1.165) is 64.2 Å². The number of carbonyl (C=O) groups is 2. The van der Waals surface area contributed by atoms with Crippen LogP contribution in [0.15, 0.2) is 97.2 Å². The third-order valence-electron chi connectivity index (χ3n) is 16.1. The minimum absolute atomic E-state index is 0.0687. The van der Waals surface area contributed by atoms with E-state index in [2.05, 4.69) is 50.4 Å². The number of ether oxygens (including phenoxy) is 3. The number of aliphatic hydroxyl groups excluding tert-OH is 5. The van der Waals surface area contributed by atoms with Crippen molar-refractivity contribution in [2.75, 3.05) is 13.2 Å². The number of unbranched alkanes of at least 4 members (excludes halogenated alkanes) is 36. The van der Waals surface area contributed by atoms with Crippen LogP contribution in [0.2, 0.25) is 0 Å². The minimum Gasteiger partial charge on any atom is -0.454 e. The highest BCUT2D eigenvalue weighted by Gasteiger charge is 2.47. The van der Waals surface area contributed by atoms with Gasteiger partial charge in [-0.1, -0.05) is 317 Å². The molecule has 1 amide bonds. The van der Waals surface area contributed by atoms with Gasteiger partial charge in [0.25, 0.3) is 0 Å². The van der Waals surface area contributed by atoms with E-state index in [4.69, 9.17) is 14.2 Å². The summed E-state index contributed by atoms with van der Waals surface area (Å²) in [6.45, 7) is 5.64. The Labute approximate surface area is 520 Å². The van der Waals surface area contributed by atoms with Crippen LogP contribution in [0.5, 0.6) is 0 Å². The van der Waals surface area contributed by atoms with Gasteiger partial charge in [-0.3, -0.25) is 9.59 Å². The second-order valence-electron chi connectivity index (χ2n) is 24.0. The Balaban J connectivity index is 2.60. The molecule has 1 rings (SSSR count). The molecule has 85 heavy (non-hydrogen) atoms. The Bertz CT molecular complexity index is 1750. The number of hydrogen-bond donors (Lipinski definition) is 6. The fourth-order valence-corrected chi connectivity index (χ4v) is 10.6. The first-order chi connectivity index (χ1) is 41.7. The third-order valence-corrected chi connectivity index (χ3v) is 16.1. The lowest BCUT2D eigenvalue weighted by molar-refractivity contribution is -0.305. The molecule has 0 aromatic heterocycles. The molecule has 1 saturated heterocycles. The fourth-order valence-electron chi connectivity index (χ4n) is 10.6.